The average molecular weight is 522 g/mol. The monoisotopic (exact) mass is 521 g/mol. The van der Waals surface area contributed by atoms with E-state index in [1.54, 1.807) is 54.6 Å². The number of hydrogen-bond acceptors (Lipinski definition) is 7. The van der Waals surface area contributed by atoms with Crippen LogP contribution < -0.4 is 14.2 Å². The summed E-state index contributed by atoms with van der Waals surface area (Å²) < 4.78 is 34.9. The number of likely N-dealkylation sites (tertiary alicyclic amines) is 1. The van der Waals surface area contributed by atoms with Crippen LogP contribution in [0.15, 0.2) is 72.3 Å². The lowest BCUT2D eigenvalue weighted by atomic mass is 9.94. The van der Waals surface area contributed by atoms with Crippen LogP contribution in [0, 0.1) is 5.82 Å². The SMILES string of the molecule is COCCN1C(=O)C(=O)/C(=C(/O)c2c(OC)cccc2OC)C1c1ccc(OCc2ccc(F)cc2)cc1. The molecule has 9 heteroatoms. The molecule has 1 amide bonds. The van der Waals surface area contributed by atoms with Crippen molar-refractivity contribution in [3.8, 4) is 17.2 Å². The Labute approximate surface area is 219 Å². The highest BCUT2D eigenvalue weighted by atomic mass is 19.1. The molecule has 0 radical (unpaired) electrons. The Morgan fingerprint density at radius 2 is 1.55 bits per heavy atom. The average Bonchev–Trinajstić information content (AvgIpc) is 3.20. The van der Waals surface area contributed by atoms with E-state index >= 15 is 0 Å². The minimum absolute atomic E-state index is 0.0890. The molecule has 1 saturated heterocycles. The maximum absolute atomic E-state index is 13.2. The van der Waals surface area contributed by atoms with Gasteiger partial charge in [-0.1, -0.05) is 30.3 Å². The lowest BCUT2D eigenvalue weighted by Gasteiger charge is -2.25. The third-order valence-electron chi connectivity index (χ3n) is 6.26. The molecule has 1 N–H and O–H groups in total. The summed E-state index contributed by atoms with van der Waals surface area (Å²) in [4.78, 5) is 27.7. The summed E-state index contributed by atoms with van der Waals surface area (Å²) in [6.07, 6.45) is 0. The number of ether oxygens (including phenoxy) is 4. The fourth-order valence-corrected chi connectivity index (χ4v) is 4.36. The third-order valence-corrected chi connectivity index (χ3v) is 6.26. The minimum Gasteiger partial charge on any atom is -0.506 e. The van der Waals surface area contributed by atoms with E-state index in [1.165, 1.54) is 38.4 Å². The number of carbonyl (C=O) groups excluding carboxylic acids is 2. The van der Waals surface area contributed by atoms with Gasteiger partial charge in [-0.2, -0.15) is 0 Å². The van der Waals surface area contributed by atoms with Gasteiger partial charge in [0.05, 0.1) is 32.4 Å². The predicted molar refractivity (Wildman–Crippen MR) is 138 cm³/mol. The molecular formula is C29H28FNO7. The molecule has 1 fully saturated rings. The van der Waals surface area contributed by atoms with Gasteiger partial charge in [0.2, 0.25) is 0 Å². The Kier molecular flexibility index (Phi) is 8.28. The van der Waals surface area contributed by atoms with Crippen LogP contribution in [0.3, 0.4) is 0 Å². The smallest absolute Gasteiger partial charge is 0.295 e. The van der Waals surface area contributed by atoms with Crippen molar-refractivity contribution < 1.29 is 38.0 Å². The second kappa shape index (κ2) is 11.8. The van der Waals surface area contributed by atoms with E-state index in [2.05, 4.69) is 0 Å². The number of aliphatic hydroxyl groups is 1. The zero-order chi connectivity index (χ0) is 27.2. The molecule has 0 aliphatic carbocycles. The largest absolute Gasteiger partial charge is 0.506 e. The quantitative estimate of drug-likeness (QED) is 0.239. The molecule has 8 nitrogen and oxygen atoms in total. The van der Waals surface area contributed by atoms with Crippen LogP contribution in [0.5, 0.6) is 17.2 Å². The molecule has 1 aliphatic heterocycles. The lowest BCUT2D eigenvalue weighted by Crippen LogP contribution is -2.32. The number of ketones is 1. The molecule has 1 heterocycles. The molecule has 1 aliphatic rings. The van der Waals surface area contributed by atoms with Crippen molar-refractivity contribution in [3.63, 3.8) is 0 Å². The van der Waals surface area contributed by atoms with Crippen molar-refractivity contribution in [2.45, 2.75) is 12.6 Å². The Morgan fingerprint density at radius 1 is 0.921 bits per heavy atom. The molecule has 1 unspecified atom stereocenters. The third kappa shape index (κ3) is 5.33. The number of halogens is 1. The van der Waals surface area contributed by atoms with Crippen molar-refractivity contribution in [3.05, 3.63) is 94.8 Å². The van der Waals surface area contributed by atoms with E-state index in [9.17, 15) is 19.1 Å². The number of amides is 1. The number of hydrogen-bond donors (Lipinski definition) is 1. The highest BCUT2D eigenvalue weighted by Gasteiger charge is 2.46. The van der Waals surface area contributed by atoms with Gasteiger partial charge in [-0.05, 0) is 47.5 Å². The maximum Gasteiger partial charge on any atom is 0.295 e. The first-order valence-electron chi connectivity index (χ1n) is 11.9. The van der Waals surface area contributed by atoms with Gasteiger partial charge in [-0.3, -0.25) is 9.59 Å². The minimum atomic E-state index is -0.883. The fraction of sp³-hybridized carbons (Fsp3) is 0.241. The van der Waals surface area contributed by atoms with Crippen molar-refractivity contribution in [1.82, 2.24) is 4.90 Å². The number of aliphatic hydroxyl groups excluding tert-OH is 1. The van der Waals surface area contributed by atoms with E-state index in [0.717, 1.165) is 5.56 Å². The molecule has 3 aromatic carbocycles. The highest BCUT2D eigenvalue weighted by molar-refractivity contribution is 6.46. The van der Waals surface area contributed by atoms with Gasteiger partial charge in [0.1, 0.15) is 41.0 Å². The number of methoxy groups -OCH3 is 3. The molecule has 3 aromatic rings. The molecule has 4 rings (SSSR count). The molecular weight excluding hydrogens is 493 g/mol. The van der Waals surface area contributed by atoms with Gasteiger partial charge in [0.25, 0.3) is 11.7 Å². The van der Waals surface area contributed by atoms with Crippen LogP contribution in [0.25, 0.3) is 5.76 Å². The molecule has 0 spiro atoms. The Hall–Kier alpha value is -4.37. The lowest BCUT2D eigenvalue weighted by molar-refractivity contribution is -0.140. The molecule has 1 atom stereocenters. The van der Waals surface area contributed by atoms with Crippen LogP contribution >= 0.6 is 0 Å². The summed E-state index contributed by atoms with van der Waals surface area (Å²) in [6, 6.07) is 16.9. The van der Waals surface area contributed by atoms with Crippen molar-refractivity contribution in [2.75, 3.05) is 34.5 Å². The first-order valence-corrected chi connectivity index (χ1v) is 11.9. The zero-order valence-electron chi connectivity index (χ0n) is 21.3. The number of carbonyl (C=O) groups is 2. The standard InChI is InChI=1S/C29H28FNO7/c1-35-16-15-31-26(19-9-13-21(14-10-19)38-17-18-7-11-20(30)12-8-18)25(28(33)29(31)34)27(32)24-22(36-2)5-4-6-23(24)37-3/h4-14,26,32H,15-17H2,1-3H3/b27-25+. The molecule has 0 bridgehead atoms. The number of Topliss-reactive ketones (excluding diaryl/α,β-unsaturated/α-hetero) is 1. The summed E-state index contributed by atoms with van der Waals surface area (Å²) in [6.45, 7) is 0.564. The summed E-state index contributed by atoms with van der Waals surface area (Å²) in [5, 5.41) is 11.4. The molecule has 38 heavy (non-hydrogen) atoms. The number of benzene rings is 3. The Bertz CT molecular complexity index is 1310. The summed E-state index contributed by atoms with van der Waals surface area (Å²) >= 11 is 0. The predicted octanol–water partition coefficient (Wildman–Crippen LogP) is 4.49. The van der Waals surface area contributed by atoms with Gasteiger partial charge >= 0.3 is 0 Å². The van der Waals surface area contributed by atoms with Gasteiger partial charge in [-0.15, -0.1) is 0 Å². The van der Waals surface area contributed by atoms with Gasteiger partial charge < -0.3 is 29.0 Å². The first kappa shape index (κ1) is 26.7. The van der Waals surface area contributed by atoms with Gasteiger partial charge in [0.15, 0.2) is 0 Å². The normalized spacial score (nSPS) is 16.5. The first-order chi connectivity index (χ1) is 18.4. The van der Waals surface area contributed by atoms with Crippen molar-refractivity contribution >= 4 is 17.4 Å². The van der Waals surface area contributed by atoms with Gasteiger partial charge in [0, 0.05) is 13.7 Å². The van der Waals surface area contributed by atoms with E-state index in [4.69, 9.17) is 18.9 Å². The Morgan fingerprint density at radius 3 is 2.13 bits per heavy atom. The highest BCUT2D eigenvalue weighted by Crippen LogP contribution is 2.43. The summed E-state index contributed by atoms with van der Waals surface area (Å²) in [7, 11) is 4.37. The van der Waals surface area contributed by atoms with Crippen LogP contribution in [0.4, 0.5) is 4.39 Å². The van der Waals surface area contributed by atoms with Crippen molar-refractivity contribution in [2.24, 2.45) is 0 Å². The number of nitrogens with zero attached hydrogens (tertiary/aromatic N) is 1. The van der Waals surface area contributed by atoms with Crippen LogP contribution in [0.1, 0.15) is 22.7 Å². The van der Waals surface area contributed by atoms with E-state index < -0.39 is 23.5 Å². The van der Waals surface area contributed by atoms with Gasteiger partial charge in [-0.25, -0.2) is 4.39 Å². The summed E-state index contributed by atoms with van der Waals surface area (Å²) in [5.74, 6) is -1.19. The van der Waals surface area contributed by atoms with Crippen LogP contribution in [-0.4, -0.2) is 56.2 Å². The molecule has 198 valence electrons. The van der Waals surface area contributed by atoms with Crippen LogP contribution in [0.2, 0.25) is 0 Å². The van der Waals surface area contributed by atoms with Crippen molar-refractivity contribution in [1.29, 1.82) is 0 Å². The van der Waals surface area contributed by atoms with Crippen LogP contribution in [-0.2, 0) is 20.9 Å². The zero-order valence-corrected chi connectivity index (χ0v) is 21.3. The maximum atomic E-state index is 13.2. The Balaban J connectivity index is 1.73. The molecule has 0 aromatic heterocycles. The second-order valence-corrected chi connectivity index (χ2v) is 8.51. The summed E-state index contributed by atoms with van der Waals surface area (Å²) in [5.41, 5.74) is 1.47. The van der Waals surface area contributed by atoms with E-state index in [1.807, 2.05) is 0 Å². The van der Waals surface area contributed by atoms with E-state index in [-0.39, 0.29) is 48.2 Å². The number of rotatable bonds is 10. The topological polar surface area (TPSA) is 94.5 Å². The fourth-order valence-electron chi connectivity index (χ4n) is 4.36. The second-order valence-electron chi connectivity index (χ2n) is 8.51. The molecule has 0 saturated carbocycles. The van der Waals surface area contributed by atoms with E-state index in [0.29, 0.717) is 11.3 Å².